The molecule has 0 spiro atoms. The van der Waals surface area contributed by atoms with Crippen molar-refractivity contribution in [3.63, 3.8) is 0 Å². The average molecular weight is 772 g/mol. The van der Waals surface area contributed by atoms with Crippen molar-refractivity contribution in [1.82, 2.24) is 9.97 Å². The fourth-order valence-corrected chi connectivity index (χ4v) is 5.24. The van der Waals surface area contributed by atoms with Crippen LogP contribution < -0.4 is 21.9 Å². The summed E-state index contributed by atoms with van der Waals surface area (Å²) in [6, 6.07) is 49.9. The first kappa shape index (κ1) is 41.5. The fraction of sp³-hybridized carbons (Fsp3) is 0.0952. The number of aromatic nitrogens is 2. The van der Waals surface area contributed by atoms with Crippen molar-refractivity contribution in [1.29, 1.82) is 0 Å². The van der Waals surface area contributed by atoms with Gasteiger partial charge >= 0.3 is 30.2 Å². The Balaban J connectivity index is 0.000000439. The Morgan fingerprint density at radius 3 is 0.673 bits per heavy atom. The van der Waals surface area contributed by atoms with Crippen molar-refractivity contribution in [2.75, 3.05) is 0 Å². The Kier molecular flexibility index (Phi) is 16.1. The SMILES string of the molecule is CC1=N\O[B-](c2ccccc2)(c2ccccc2)O/N=C(C)/C(C)=N/O[B-](c2ccccc2)(c2ccccc2)O\N=C\1C.[Fe+2].c1ccncc1.c1ccncc1. The maximum absolute atomic E-state index is 6.35. The summed E-state index contributed by atoms with van der Waals surface area (Å²) >= 11 is 0. The van der Waals surface area contributed by atoms with Crippen molar-refractivity contribution < 1.29 is 36.1 Å². The molecule has 0 fully saturated rings. The minimum Gasteiger partial charge on any atom is -0.567 e. The van der Waals surface area contributed by atoms with Gasteiger partial charge in [0.2, 0.25) is 0 Å². The first-order valence-electron chi connectivity index (χ1n) is 17.6. The summed E-state index contributed by atoms with van der Waals surface area (Å²) < 4.78 is 25.4. The van der Waals surface area contributed by atoms with E-state index >= 15 is 0 Å². The first-order chi connectivity index (χ1) is 26.4. The summed E-state index contributed by atoms with van der Waals surface area (Å²) in [5.41, 5.74) is 4.99. The third kappa shape index (κ3) is 11.4. The van der Waals surface area contributed by atoms with E-state index in [0.717, 1.165) is 21.9 Å². The Bertz CT molecular complexity index is 1790. The number of hydrogen-bond acceptors (Lipinski definition) is 10. The van der Waals surface area contributed by atoms with Gasteiger partial charge < -0.3 is 19.0 Å². The molecule has 13 heteroatoms. The van der Waals surface area contributed by atoms with Gasteiger partial charge in [0.25, 0.3) is 0 Å². The van der Waals surface area contributed by atoms with Gasteiger partial charge in [-0.1, -0.05) is 133 Å². The zero-order valence-electron chi connectivity index (χ0n) is 31.1. The number of hydrogen-bond donors (Lipinski definition) is 0. The Morgan fingerprint density at radius 1 is 0.309 bits per heavy atom. The molecule has 0 aliphatic carbocycles. The number of nitrogens with zero attached hydrogens (tertiary/aromatic N) is 6. The number of benzene rings is 4. The molecule has 0 bridgehead atoms. The van der Waals surface area contributed by atoms with Crippen molar-refractivity contribution in [3.05, 3.63) is 183 Å². The van der Waals surface area contributed by atoms with Crippen molar-refractivity contribution in [2.45, 2.75) is 27.7 Å². The van der Waals surface area contributed by atoms with Gasteiger partial charge in [0.05, 0.1) is 22.8 Å². The van der Waals surface area contributed by atoms with E-state index in [1.165, 1.54) is 0 Å². The van der Waals surface area contributed by atoms with Crippen LogP contribution in [0.5, 0.6) is 0 Å². The summed E-state index contributed by atoms with van der Waals surface area (Å²) in [5.74, 6) is 0. The molecule has 10 nitrogen and oxygen atoms in total. The van der Waals surface area contributed by atoms with Gasteiger partial charge in [0.1, 0.15) is 0 Å². The second-order valence-corrected chi connectivity index (χ2v) is 12.2. The summed E-state index contributed by atoms with van der Waals surface area (Å²) in [6.45, 7) is 2.39. The quantitative estimate of drug-likeness (QED) is 0.196. The van der Waals surface area contributed by atoms with Crippen LogP contribution >= 0.6 is 0 Å². The monoisotopic (exact) mass is 772 g/mol. The minimum atomic E-state index is -2.39. The van der Waals surface area contributed by atoms with Crippen LogP contribution in [0.3, 0.4) is 0 Å². The summed E-state index contributed by atoms with van der Waals surface area (Å²) in [6.07, 6.45) is 7.00. The molecule has 0 saturated carbocycles. The molecule has 0 amide bonds. The molecule has 3 heterocycles. The molecule has 0 radical (unpaired) electrons. The third-order valence-electron chi connectivity index (χ3n) is 8.49. The van der Waals surface area contributed by atoms with Gasteiger partial charge in [0.15, 0.2) is 0 Å². The topological polar surface area (TPSA) is 112 Å². The van der Waals surface area contributed by atoms with E-state index in [-0.39, 0.29) is 17.1 Å². The molecule has 1 aliphatic heterocycles. The molecule has 1 aliphatic rings. The number of rotatable bonds is 4. The van der Waals surface area contributed by atoms with Crippen LogP contribution in [-0.2, 0) is 36.1 Å². The molecule has 55 heavy (non-hydrogen) atoms. The van der Waals surface area contributed by atoms with E-state index in [1.807, 2.05) is 158 Å². The van der Waals surface area contributed by atoms with Crippen molar-refractivity contribution >= 4 is 57.8 Å². The van der Waals surface area contributed by atoms with Gasteiger partial charge in [-0.25, -0.2) is 0 Å². The van der Waals surface area contributed by atoms with E-state index in [9.17, 15) is 0 Å². The van der Waals surface area contributed by atoms with E-state index in [1.54, 1.807) is 52.5 Å². The molecule has 7 rings (SSSR count). The second-order valence-electron chi connectivity index (χ2n) is 12.2. The molecule has 278 valence electrons. The van der Waals surface area contributed by atoms with Crippen LogP contribution in [-0.4, -0.2) is 45.9 Å². The minimum absolute atomic E-state index is 0. The van der Waals surface area contributed by atoms with Gasteiger partial charge in [-0.05, 0) is 52.0 Å². The summed E-state index contributed by atoms with van der Waals surface area (Å²) in [4.78, 5) is 7.57. The van der Waals surface area contributed by atoms with E-state index in [4.69, 9.17) is 19.0 Å². The maximum Gasteiger partial charge on any atom is 2.00 e. The molecular weight excluding hydrogens is 730 g/mol. The molecule has 0 unspecified atom stereocenters. The number of pyridine rings is 2. The second kappa shape index (κ2) is 21.4. The zero-order chi connectivity index (χ0) is 37.9. The molecule has 2 aromatic heterocycles. The van der Waals surface area contributed by atoms with Crippen LogP contribution in [0.1, 0.15) is 27.7 Å². The van der Waals surface area contributed by atoms with E-state index in [0.29, 0.717) is 22.8 Å². The van der Waals surface area contributed by atoms with Crippen LogP contribution in [0.25, 0.3) is 0 Å². The smallest absolute Gasteiger partial charge is 0.567 e. The van der Waals surface area contributed by atoms with Gasteiger partial charge in [0, 0.05) is 24.8 Å². The molecular formula is C42H42B2FeN6O4. The van der Waals surface area contributed by atoms with Crippen LogP contribution in [0.15, 0.2) is 203 Å². The Morgan fingerprint density at radius 2 is 0.509 bits per heavy atom. The number of oxime groups is 4. The third-order valence-corrected chi connectivity index (χ3v) is 8.49. The molecule has 4 aromatic carbocycles. The van der Waals surface area contributed by atoms with Crippen LogP contribution in [0, 0.1) is 0 Å². The average Bonchev–Trinajstić information content (AvgIpc) is 3.26. The molecule has 0 saturated heterocycles. The van der Waals surface area contributed by atoms with Crippen molar-refractivity contribution in [3.8, 4) is 0 Å². The zero-order valence-corrected chi connectivity index (χ0v) is 32.2. The van der Waals surface area contributed by atoms with Crippen LogP contribution in [0.2, 0.25) is 0 Å². The molecule has 0 N–H and O–H groups in total. The Labute approximate surface area is 333 Å². The normalized spacial score (nSPS) is 18.4. The predicted octanol–water partition coefficient (Wildman–Crippen LogP) is 6.24. The predicted molar refractivity (Wildman–Crippen MR) is 221 cm³/mol. The summed E-state index contributed by atoms with van der Waals surface area (Å²) in [7, 11) is 0. The molecule has 0 atom stereocenters. The van der Waals surface area contributed by atoms with Gasteiger partial charge in [-0.15, -0.1) is 42.5 Å². The van der Waals surface area contributed by atoms with Gasteiger partial charge in [-0.2, -0.15) is 0 Å². The van der Waals surface area contributed by atoms with E-state index < -0.39 is 13.1 Å². The Hall–Kier alpha value is -6.29. The molecule has 6 aromatic rings. The van der Waals surface area contributed by atoms with Gasteiger partial charge in [-0.3, -0.25) is 9.97 Å². The van der Waals surface area contributed by atoms with E-state index in [2.05, 4.69) is 30.6 Å². The van der Waals surface area contributed by atoms with Crippen molar-refractivity contribution in [2.24, 2.45) is 20.6 Å². The standard InChI is InChI=1S/C32H32B2N4O4.2C5H5N.Fe/c1-25-26(2)36-40-34(31-21-13-7-14-22-31,32-23-15-8-16-24-32)42-38-28(4)27(3)37-41-33(39-35-25,29-17-9-5-10-18-29)30-19-11-6-12-20-30;2*1-2-4-6-5-3-1;/h5-24H,1-4H3;2*1-5H;/q-2;;;+2/b35-25+,36-26+,37-27+,38-28+;;;. The first-order valence-corrected chi connectivity index (χ1v) is 17.6. The fourth-order valence-electron chi connectivity index (χ4n) is 5.24. The summed E-state index contributed by atoms with van der Waals surface area (Å²) in [5, 5.41) is 18.0. The largest absolute Gasteiger partial charge is 2.00 e. The maximum atomic E-state index is 6.35. The van der Waals surface area contributed by atoms with Crippen LogP contribution in [0.4, 0.5) is 0 Å².